The number of aliphatic hydroxyl groups is 1. The monoisotopic (exact) mass is 328 g/mol. The Bertz CT molecular complexity index is 539. The van der Waals surface area contributed by atoms with Crippen molar-refractivity contribution in [2.24, 2.45) is 11.8 Å². The van der Waals surface area contributed by atoms with Crippen molar-refractivity contribution in [1.82, 2.24) is 10.2 Å². The van der Waals surface area contributed by atoms with Gasteiger partial charge >= 0.3 is 6.03 Å². The van der Waals surface area contributed by atoms with Crippen LogP contribution in [0.3, 0.4) is 0 Å². The van der Waals surface area contributed by atoms with Crippen LogP contribution in [0.25, 0.3) is 0 Å². The summed E-state index contributed by atoms with van der Waals surface area (Å²) < 4.78 is 14.1. The highest BCUT2D eigenvalue weighted by Gasteiger charge is 2.29. The largest absolute Gasteiger partial charge is 0.396 e. The normalized spacial score (nSPS) is 19.5. The molecule has 1 heterocycles. The molecule has 0 bridgehead atoms. The van der Waals surface area contributed by atoms with E-state index in [4.69, 9.17) is 16.7 Å². The van der Waals surface area contributed by atoms with Crippen molar-refractivity contribution >= 4 is 17.6 Å². The van der Waals surface area contributed by atoms with Crippen LogP contribution >= 0.6 is 11.6 Å². The zero-order valence-electron chi connectivity index (χ0n) is 12.9. The first-order valence-corrected chi connectivity index (χ1v) is 7.91. The number of aliphatic hydroxyl groups excluding tert-OH is 1. The highest BCUT2D eigenvalue weighted by atomic mass is 35.5. The van der Waals surface area contributed by atoms with Crippen LogP contribution in [0, 0.1) is 17.7 Å². The average molecular weight is 329 g/mol. The Hall–Kier alpha value is -1.33. The molecule has 0 aliphatic carbocycles. The molecule has 4 nitrogen and oxygen atoms in total. The molecule has 0 radical (unpaired) electrons. The van der Waals surface area contributed by atoms with Gasteiger partial charge in [0.15, 0.2) is 0 Å². The predicted octanol–water partition coefficient (Wildman–Crippen LogP) is 3.20. The van der Waals surface area contributed by atoms with E-state index in [1.807, 2.05) is 13.8 Å². The fourth-order valence-electron chi connectivity index (χ4n) is 2.75. The Balaban J connectivity index is 2.10. The van der Waals surface area contributed by atoms with E-state index in [0.29, 0.717) is 23.7 Å². The third-order valence-electron chi connectivity index (χ3n) is 4.07. The zero-order chi connectivity index (χ0) is 16.3. The van der Waals surface area contributed by atoms with E-state index in [1.54, 1.807) is 17.0 Å². The van der Waals surface area contributed by atoms with Crippen molar-refractivity contribution in [3.8, 4) is 0 Å². The first-order valence-electron chi connectivity index (χ1n) is 7.53. The summed E-state index contributed by atoms with van der Waals surface area (Å²) in [4.78, 5) is 14.0. The molecule has 1 aromatic rings. The summed E-state index contributed by atoms with van der Waals surface area (Å²) in [6.07, 6.45) is 0.797. The molecule has 1 saturated heterocycles. The van der Waals surface area contributed by atoms with Crippen LogP contribution in [0.5, 0.6) is 0 Å². The van der Waals surface area contributed by atoms with Crippen LogP contribution < -0.4 is 5.32 Å². The van der Waals surface area contributed by atoms with E-state index in [0.717, 1.165) is 6.42 Å². The summed E-state index contributed by atoms with van der Waals surface area (Å²) in [6, 6.07) is 3.86. The number of nitrogens with zero attached hydrogens (tertiary/aromatic N) is 1. The highest BCUT2D eigenvalue weighted by Crippen LogP contribution is 2.27. The number of likely N-dealkylation sites (tertiary alicyclic amines) is 1. The maximum absolute atomic E-state index is 14.1. The fourth-order valence-corrected chi connectivity index (χ4v) is 2.91. The van der Waals surface area contributed by atoms with Crippen molar-refractivity contribution in [2.45, 2.75) is 26.3 Å². The lowest BCUT2D eigenvalue weighted by Crippen LogP contribution is -2.42. The van der Waals surface area contributed by atoms with Gasteiger partial charge in [-0.3, -0.25) is 0 Å². The van der Waals surface area contributed by atoms with Gasteiger partial charge in [-0.2, -0.15) is 0 Å². The van der Waals surface area contributed by atoms with E-state index in [2.05, 4.69) is 5.32 Å². The van der Waals surface area contributed by atoms with Gasteiger partial charge in [0.1, 0.15) is 5.82 Å². The molecule has 1 aromatic carbocycles. The number of hydrogen-bond donors (Lipinski definition) is 2. The third-order valence-corrected chi connectivity index (χ3v) is 4.31. The molecule has 0 saturated carbocycles. The fraction of sp³-hybridized carbons (Fsp3) is 0.562. The van der Waals surface area contributed by atoms with Gasteiger partial charge in [-0.1, -0.05) is 31.5 Å². The molecule has 6 heteroatoms. The zero-order valence-corrected chi connectivity index (χ0v) is 13.6. The van der Waals surface area contributed by atoms with Gasteiger partial charge in [-0.05, 0) is 24.5 Å². The van der Waals surface area contributed by atoms with Gasteiger partial charge in [0, 0.05) is 36.2 Å². The lowest BCUT2D eigenvalue weighted by Gasteiger charge is -2.26. The summed E-state index contributed by atoms with van der Waals surface area (Å²) in [6.45, 7) is 5.10. The summed E-state index contributed by atoms with van der Waals surface area (Å²) in [5.74, 6) is -0.243. The predicted molar refractivity (Wildman–Crippen MR) is 84.3 cm³/mol. The van der Waals surface area contributed by atoms with Crippen LogP contribution in [-0.4, -0.2) is 35.7 Å². The lowest BCUT2D eigenvalue weighted by atomic mass is 9.95. The second-order valence-electron chi connectivity index (χ2n) is 6.12. The van der Waals surface area contributed by atoms with Crippen LogP contribution in [0.15, 0.2) is 18.2 Å². The number of carbonyl (C=O) groups excluding carboxylic acids is 1. The maximum atomic E-state index is 14.1. The van der Waals surface area contributed by atoms with Crippen molar-refractivity contribution in [2.75, 3.05) is 19.7 Å². The van der Waals surface area contributed by atoms with Crippen molar-refractivity contribution < 1.29 is 14.3 Å². The molecule has 0 aromatic heterocycles. The Labute approximate surface area is 135 Å². The number of nitrogens with one attached hydrogen (secondary N) is 1. The van der Waals surface area contributed by atoms with E-state index < -0.39 is 11.9 Å². The molecule has 1 fully saturated rings. The molecule has 2 N–H and O–H groups in total. The van der Waals surface area contributed by atoms with Gasteiger partial charge in [-0.25, -0.2) is 9.18 Å². The van der Waals surface area contributed by atoms with E-state index in [9.17, 15) is 9.18 Å². The minimum Gasteiger partial charge on any atom is -0.396 e. The van der Waals surface area contributed by atoms with Gasteiger partial charge in [-0.15, -0.1) is 0 Å². The molecular weight excluding hydrogens is 307 g/mol. The molecule has 22 heavy (non-hydrogen) atoms. The minimum atomic E-state index is -0.419. The quantitative estimate of drug-likeness (QED) is 0.891. The van der Waals surface area contributed by atoms with Crippen molar-refractivity contribution in [3.05, 3.63) is 34.6 Å². The third kappa shape index (κ3) is 3.90. The Morgan fingerprint density at radius 1 is 1.55 bits per heavy atom. The maximum Gasteiger partial charge on any atom is 0.317 e. The smallest absolute Gasteiger partial charge is 0.317 e. The molecule has 1 aliphatic heterocycles. The van der Waals surface area contributed by atoms with Crippen LogP contribution in [0.1, 0.15) is 31.9 Å². The number of rotatable bonds is 4. The molecule has 0 unspecified atom stereocenters. The van der Waals surface area contributed by atoms with Crippen molar-refractivity contribution in [1.29, 1.82) is 0 Å². The molecule has 1 aliphatic rings. The Morgan fingerprint density at radius 2 is 2.27 bits per heavy atom. The van der Waals surface area contributed by atoms with E-state index in [1.165, 1.54) is 6.07 Å². The molecule has 2 atom stereocenters. The second-order valence-corrected chi connectivity index (χ2v) is 6.56. The number of halogens is 2. The van der Waals surface area contributed by atoms with E-state index in [-0.39, 0.29) is 24.5 Å². The average Bonchev–Trinajstić information content (AvgIpc) is 2.94. The summed E-state index contributed by atoms with van der Waals surface area (Å²) in [7, 11) is 0. The standard InChI is InChI=1S/C16H22ClFN2O2/c1-10(2)15(13-4-3-12(17)7-14(13)18)19-16(22)20-6-5-11(8-20)9-21/h3-4,7,10-11,15,21H,5-6,8-9H2,1-2H3,(H,19,22)/t11-,15-/m0/s1. The van der Waals surface area contributed by atoms with E-state index >= 15 is 0 Å². The number of amides is 2. The first-order chi connectivity index (χ1) is 10.4. The van der Waals surface area contributed by atoms with Gasteiger partial charge in [0.25, 0.3) is 0 Å². The Kier molecular flexibility index (Phi) is 5.64. The Morgan fingerprint density at radius 3 is 2.82 bits per heavy atom. The number of carbonyl (C=O) groups is 1. The first kappa shape index (κ1) is 17.0. The van der Waals surface area contributed by atoms with Crippen LogP contribution in [0.2, 0.25) is 5.02 Å². The highest BCUT2D eigenvalue weighted by molar-refractivity contribution is 6.30. The summed E-state index contributed by atoms with van der Waals surface area (Å²) in [5.41, 5.74) is 0.436. The molecule has 2 amide bonds. The molecule has 2 rings (SSSR count). The molecule has 122 valence electrons. The summed E-state index contributed by atoms with van der Waals surface area (Å²) >= 11 is 5.78. The summed E-state index contributed by atoms with van der Waals surface area (Å²) in [5, 5.41) is 12.4. The molecular formula is C16H22ClFN2O2. The van der Waals surface area contributed by atoms with Gasteiger partial charge in [0.2, 0.25) is 0 Å². The van der Waals surface area contributed by atoms with Crippen LogP contribution in [0.4, 0.5) is 9.18 Å². The SMILES string of the molecule is CC(C)[C@H](NC(=O)N1CC[C@H](CO)C1)c1ccc(Cl)cc1F. The van der Waals surface area contributed by atoms with Gasteiger partial charge < -0.3 is 15.3 Å². The van der Waals surface area contributed by atoms with Gasteiger partial charge in [0.05, 0.1) is 6.04 Å². The topological polar surface area (TPSA) is 52.6 Å². The van der Waals surface area contributed by atoms with Crippen molar-refractivity contribution in [3.63, 3.8) is 0 Å². The lowest BCUT2D eigenvalue weighted by molar-refractivity contribution is 0.191. The second kappa shape index (κ2) is 7.29. The number of hydrogen-bond acceptors (Lipinski definition) is 2. The molecule has 0 spiro atoms. The number of benzene rings is 1. The number of urea groups is 1. The van der Waals surface area contributed by atoms with Crippen LogP contribution in [-0.2, 0) is 0 Å². The minimum absolute atomic E-state index is 0.0378.